The van der Waals surface area contributed by atoms with Crippen molar-refractivity contribution >= 4 is 33.1 Å². The van der Waals surface area contributed by atoms with Crippen molar-refractivity contribution in [2.75, 3.05) is 16.5 Å². The van der Waals surface area contributed by atoms with E-state index in [1.165, 1.54) is 29.3 Å². The highest BCUT2D eigenvalue weighted by Gasteiger charge is 2.28. The van der Waals surface area contributed by atoms with Crippen molar-refractivity contribution in [1.82, 2.24) is 0 Å². The molecular weight excluding hydrogens is 430 g/mol. The number of nitrogens with zero attached hydrogens (tertiary/aromatic N) is 3. The van der Waals surface area contributed by atoms with Gasteiger partial charge in [0.15, 0.2) is 5.75 Å². The maximum Gasteiger partial charge on any atom is 0.294 e. The Kier molecular flexibility index (Phi) is 5.68. The average molecular weight is 452 g/mol. The smallest absolute Gasteiger partial charge is 0.294 e. The summed E-state index contributed by atoms with van der Waals surface area (Å²) < 4.78 is 37.4. The van der Waals surface area contributed by atoms with Crippen LogP contribution in [0, 0.1) is 0 Å². The normalized spacial score (nSPS) is 18.6. The minimum Gasteiger partial charge on any atom is -0.439 e. The van der Waals surface area contributed by atoms with Crippen LogP contribution in [0.15, 0.2) is 94.3 Å². The van der Waals surface area contributed by atoms with Gasteiger partial charge < -0.3 is 9.64 Å². The van der Waals surface area contributed by atoms with Gasteiger partial charge in [-0.2, -0.15) is 18.5 Å². The predicted octanol–water partition coefficient (Wildman–Crippen LogP) is 3.90. The summed E-state index contributed by atoms with van der Waals surface area (Å²) in [5.41, 5.74) is 2.36. The first kappa shape index (κ1) is 21.5. The van der Waals surface area contributed by atoms with Gasteiger partial charge in [-0.25, -0.2) is 0 Å². The number of carbonyl (C=O) groups excluding carboxylic acids is 1. The van der Waals surface area contributed by atoms with Crippen molar-refractivity contribution < 1.29 is 22.5 Å². The van der Waals surface area contributed by atoms with Crippen molar-refractivity contribution in [3.63, 3.8) is 0 Å². The first-order valence-corrected chi connectivity index (χ1v) is 11.3. The van der Waals surface area contributed by atoms with Crippen molar-refractivity contribution in [1.29, 1.82) is 0 Å². The van der Waals surface area contributed by atoms with Crippen LogP contribution in [0.2, 0.25) is 0 Å². The molecule has 8 nitrogen and oxygen atoms in total. The van der Waals surface area contributed by atoms with E-state index in [4.69, 9.17) is 9.29 Å². The van der Waals surface area contributed by atoms with Gasteiger partial charge in [0.25, 0.3) is 16.0 Å². The van der Waals surface area contributed by atoms with Crippen molar-refractivity contribution in [2.45, 2.75) is 18.7 Å². The summed E-state index contributed by atoms with van der Waals surface area (Å²) >= 11 is 0. The highest BCUT2D eigenvalue weighted by Crippen LogP contribution is 2.38. The lowest BCUT2D eigenvalue weighted by atomic mass is 10.1. The van der Waals surface area contributed by atoms with Crippen LogP contribution < -0.4 is 14.6 Å². The van der Waals surface area contributed by atoms with Crippen molar-refractivity contribution in [3.05, 3.63) is 84.3 Å². The summed E-state index contributed by atoms with van der Waals surface area (Å²) in [6.45, 7) is 4.52. The molecule has 0 spiro atoms. The fourth-order valence-electron chi connectivity index (χ4n) is 3.44. The number of fused-ring (bicyclic) bond motifs is 1. The number of ether oxygens (including phenoxy) is 1. The van der Waals surface area contributed by atoms with Gasteiger partial charge in [-0.15, -0.1) is 0 Å². The molecule has 1 N–H and O–H groups in total. The van der Waals surface area contributed by atoms with Gasteiger partial charge in [-0.1, -0.05) is 24.3 Å². The Morgan fingerprint density at radius 2 is 1.75 bits per heavy atom. The van der Waals surface area contributed by atoms with Gasteiger partial charge >= 0.3 is 0 Å². The second kappa shape index (κ2) is 8.45. The topological polar surface area (TPSA) is 99.5 Å². The molecule has 4 rings (SSSR count). The molecule has 0 aliphatic carbocycles. The van der Waals surface area contributed by atoms with Crippen molar-refractivity contribution in [2.24, 2.45) is 5.10 Å². The Hall–Kier alpha value is -3.69. The number of carbonyl (C=O) groups is 1. The molecule has 0 saturated heterocycles. The molecule has 2 aromatic carbocycles. The lowest BCUT2D eigenvalue weighted by molar-refractivity contribution is -0.114. The highest BCUT2D eigenvalue weighted by atomic mass is 32.2. The number of hydrogen-bond acceptors (Lipinski definition) is 6. The van der Waals surface area contributed by atoms with Crippen LogP contribution in [0.1, 0.15) is 13.8 Å². The molecule has 0 aromatic heterocycles. The van der Waals surface area contributed by atoms with Crippen molar-refractivity contribution in [3.8, 4) is 5.75 Å². The maximum absolute atomic E-state index is 12.8. The Labute approximate surface area is 186 Å². The van der Waals surface area contributed by atoms with Crippen LogP contribution in [-0.2, 0) is 14.9 Å². The first-order valence-electron chi connectivity index (χ1n) is 9.90. The average Bonchev–Trinajstić information content (AvgIpc) is 3.27. The molecule has 164 valence electrons. The van der Waals surface area contributed by atoms with E-state index in [1.807, 2.05) is 37.3 Å². The molecule has 2 aliphatic rings. The summed E-state index contributed by atoms with van der Waals surface area (Å²) in [5, 5.41) is 5.45. The molecule has 0 atom stereocenters. The molecule has 0 unspecified atom stereocenters. The number of rotatable bonds is 5. The van der Waals surface area contributed by atoms with Gasteiger partial charge in [-0.05, 0) is 62.4 Å². The fourth-order valence-corrected chi connectivity index (χ4v) is 3.92. The molecule has 0 radical (unpaired) electrons. The molecule has 0 saturated carbocycles. The summed E-state index contributed by atoms with van der Waals surface area (Å²) in [4.78, 5) is 14.6. The molecule has 2 heterocycles. The first-order chi connectivity index (χ1) is 15.3. The second-order valence-corrected chi connectivity index (χ2v) is 8.48. The third-order valence-electron chi connectivity index (χ3n) is 5.01. The minimum absolute atomic E-state index is 0.252. The second-order valence-electron chi connectivity index (χ2n) is 7.06. The quantitative estimate of drug-likeness (QED) is 0.547. The number of anilines is 2. The maximum atomic E-state index is 12.8. The van der Waals surface area contributed by atoms with E-state index in [2.05, 4.69) is 10.0 Å². The highest BCUT2D eigenvalue weighted by molar-refractivity contribution is 7.85. The van der Waals surface area contributed by atoms with E-state index >= 15 is 0 Å². The van der Waals surface area contributed by atoms with Crippen LogP contribution in [0.25, 0.3) is 0 Å². The standard InChI is InChI=1S/C23H21N3O5S/c1-3-25-20-9-5-6-10-21(20)31-22(25)11-7-4-8-19-16(2)24-26(23(19)27)17-12-14-18(15-13-17)32(28,29)30/h4-15H,3H2,1-2H3,(H,28,29,30). The SMILES string of the molecule is CCN1C(=CC=CC=C2C(=O)N(c3ccc(S(=O)(=O)O)cc3)N=C2C)Oc2ccccc21. The molecule has 0 bridgehead atoms. The lowest BCUT2D eigenvalue weighted by Crippen LogP contribution is -2.21. The number of para-hydroxylation sites is 2. The third-order valence-corrected chi connectivity index (χ3v) is 5.88. The molecule has 2 aromatic rings. The Bertz CT molecular complexity index is 1290. The number of benzene rings is 2. The van der Waals surface area contributed by atoms with E-state index in [9.17, 15) is 13.2 Å². The van der Waals surface area contributed by atoms with E-state index in [1.54, 1.807) is 25.2 Å². The zero-order valence-electron chi connectivity index (χ0n) is 17.5. The number of allylic oxidation sites excluding steroid dienone is 4. The third kappa shape index (κ3) is 4.08. The summed E-state index contributed by atoms with van der Waals surface area (Å²) in [6.07, 6.45) is 7.03. The molecule has 0 fully saturated rings. The number of hydrogen-bond donors (Lipinski definition) is 1. The van der Waals surface area contributed by atoms with Gasteiger partial charge in [0.2, 0.25) is 5.88 Å². The summed E-state index contributed by atoms with van der Waals surface area (Å²) in [5.74, 6) is 1.17. The zero-order chi connectivity index (χ0) is 22.9. The van der Waals surface area contributed by atoms with Gasteiger partial charge in [0, 0.05) is 6.54 Å². The molecule has 32 heavy (non-hydrogen) atoms. The fraction of sp³-hybridized carbons (Fsp3) is 0.130. The number of amides is 1. The lowest BCUT2D eigenvalue weighted by Gasteiger charge is -2.14. The zero-order valence-corrected chi connectivity index (χ0v) is 18.3. The van der Waals surface area contributed by atoms with E-state index in [0.717, 1.165) is 18.0 Å². The van der Waals surface area contributed by atoms with Gasteiger partial charge in [0.05, 0.1) is 27.6 Å². The molecule has 2 aliphatic heterocycles. The van der Waals surface area contributed by atoms with Crippen LogP contribution >= 0.6 is 0 Å². The molecular formula is C23H21N3O5S. The molecule has 1 amide bonds. The van der Waals surface area contributed by atoms with Crippen LogP contribution in [-0.4, -0.2) is 31.1 Å². The van der Waals surface area contributed by atoms with Crippen LogP contribution in [0.5, 0.6) is 5.75 Å². The monoisotopic (exact) mass is 451 g/mol. The largest absolute Gasteiger partial charge is 0.439 e. The van der Waals surface area contributed by atoms with E-state index in [-0.39, 0.29) is 10.8 Å². The van der Waals surface area contributed by atoms with Crippen LogP contribution in [0.4, 0.5) is 11.4 Å². The Morgan fingerprint density at radius 3 is 2.44 bits per heavy atom. The summed E-state index contributed by atoms with van der Waals surface area (Å²) in [6, 6.07) is 13.1. The van der Waals surface area contributed by atoms with E-state index < -0.39 is 10.1 Å². The van der Waals surface area contributed by atoms with Gasteiger partial charge in [0.1, 0.15) is 0 Å². The summed E-state index contributed by atoms with van der Waals surface area (Å²) in [7, 11) is -4.30. The Balaban J connectivity index is 1.50. The molecule has 9 heteroatoms. The van der Waals surface area contributed by atoms with Crippen LogP contribution in [0.3, 0.4) is 0 Å². The van der Waals surface area contributed by atoms with E-state index in [0.29, 0.717) is 22.9 Å². The van der Waals surface area contributed by atoms with Gasteiger partial charge in [-0.3, -0.25) is 9.35 Å². The number of hydrazone groups is 1. The Morgan fingerprint density at radius 1 is 1.06 bits per heavy atom. The minimum atomic E-state index is -4.30. The predicted molar refractivity (Wildman–Crippen MR) is 122 cm³/mol.